The number of alkyl halides is 3. The fraction of sp³-hybridized carbons (Fsp3) is 0.217. The van der Waals surface area contributed by atoms with Crippen LogP contribution >= 0.6 is 11.6 Å². The molecule has 0 saturated heterocycles. The Labute approximate surface area is 188 Å². The molecular formula is C23H19ClF3N3O2. The lowest BCUT2D eigenvalue weighted by Crippen LogP contribution is -2.24. The Balaban J connectivity index is 2.02. The third-order valence-corrected chi connectivity index (χ3v) is 5.03. The SMILES string of the molecule is COc1ccc(CN(Cc2ccc(OC)cc2)c2cc(C#N)c(C(F)(F)F)c(Cl)n2)cc1. The van der Waals surface area contributed by atoms with Crippen molar-refractivity contribution < 1.29 is 22.6 Å². The first-order valence-electron chi connectivity index (χ1n) is 9.43. The van der Waals surface area contributed by atoms with Gasteiger partial charge in [-0.05, 0) is 41.5 Å². The maximum atomic E-state index is 13.4. The Kier molecular flexibility index (Phi) is 7.11. The van der Waals surface area contributed by atoms with E-state index in [1.165, 1.54) is 0 Å². The van der Waals surface area contributed by atoms with Gasteiger partial charge < -0.3 is 14.4 Å². The zero-order chi connectivity index (χ0) is 23.3. The van der Waals surface area contributed by atoms with E-state index in [1.807, 2.05) is 24.3 Å². The minimum absolute atomic E-state index is 0.159. The van der Waals surface area contributed by atoms with E-state index in [0.29, 0.717) is 24.6 Å². The van der Waals surface area contributed by atoms with Crippen LogP contribution in [-0.4, -0.2) is 19.2 Å². The van der Waals surface area contributed by atoms with Crippen LogP contribution in [0.3, 0.4) is 0 Å². The molecule has 166 valence electrons. The first-order chi connectivity index (χ1) is 15.2. The van der Waals surface area contributed by atoms with Crippen LogP contribution in [0.25, 0.3) is 0 Å². The van der Waals surface area contributed by atoms with Crippen molar-refractivity contribution in [3.63, 3.8) is 0 Å². The molecule has 1 aromatic heterocycles. The van der Waals surface area contributed by atoms with E-state index in [4.69, 9.17) is 21.1 Å². The lowest BCUT2D eigenvalue weighted by molar-refractivity contribution is -0.137. The molecule has 9 heteroatoms. The second-order valence-corrected chi connectivity index (χ2v) is 7.21. The van der Waals surface area contributed by atoms with Crippen LogP contribution in [0.4, 0.5) is 19.0 Å². The van der Waals surface area contributed by atoms with Gasteiger partial charge in [0.05, 0.1) is 19.8 Å². The van der Waals surface area contributed by atoms with Crippen LogP contribution in [0.15, 0.2) is 54.6 Å². The average Bonchev–Trinajstić information content (AvgIpc) is 2.78. The van der Waals surface area contributed by atoms with Crippen LogP contribution in [-0.2, 0) is 19.3 Å². The van der Waals surface area contributed by atoms with E-state index in [2.05, 4.69) is 4.98 Å². The Bertz CT molecular complexity index is 1060. The average molecular weight is 462 g/mol. The number of hydrogen-bond donors (Lipinski definition) is 0. The molecule has 2 aromatic carbocycles. The number of halogens is 4. The number of nitrogens with zero attached hydrogens (tertiary/aromatic N) is 3. The second kappa shape index (κ2) is 9.79. The summed E-state index contributed by atoms with van der Waals surface area (Å²) in [6.45, 7) is 0.630. The van der Waals surface area contributed by atoms with Crippen LogP contribution in [0.1, 0.15) is 22.3 Å². The van der Waals surface area contributed by atoms with Gasteiger partial charge in [0.2, 0.25) is 0 Å². The van der Waals surface area contributed by atoms with E-state index in [-0.39, 0.29) is 5.82 Å². The number of nitriles is 1. The number of ether oxygens (including phenoxy) is 2. The van der Waals surface area contributed by atoms with Crippen molar-refractivity contribution in [1.29, 1.82) is 5.26 Å². The molecule has 0 aliphatic rings. The standard InChI is InChI=1S/C23H19ClF3N3O2/c1-31-18-7-3-15(4-8-18)13-30(14-16-5-9-19(32-2)10-6-16)20-11-17(12-28)21(22(24)29-20)23(25,26)27/h3-11H,13-14H2,1-2H3. The summed E-state index contributed by atoms with van der Waals surface area (Å²) < 4.78 is 50.4. The van der Waals surface area contributed by atoms with Gasteiger partial charge in [0, 0.05) is 13.1 Å². The van der Waals surface area contributed by atoms with Gasteiger partial charge in [0.1, 0.15) is 34.1 Å². The zero-order valence-corrected chi connectivity index (χ0v) is 18.0. The van der Waals surface area contributed by atoms with Gasteiger partial charge in [-0.15, -0.1) is 0 Å². The fourth-order valence-corrected chi connectivity index (χ4v) is 3.44. The number of pyridine rings is 1. The highest BCUT2D eigenvalue weighted by atomic mass is 35.5. The monoisotopic (exact) mass is 461 g/mol. The van der Waals surface area contributed by atoms with Gasteiger partial charge in [-0.25, -0.2) is 4.98 Å². The van der Waals surface area contributed by atoms with Crippen molar-refractivity contribution >= 4 is 17.4 Å². The summed E-state index contributed by atoms with van der Waals surface area (Å²) in [6, 6.07) is 17.2. The molecule has 0 N–H and O–H groups in total. The van der Waals surface area contributed by atoms with Crippen LogP contribution in [0.2, 0.25) is 5.15 Å². The number of benzene rings is 2. The van der Waals surface area contributed by atoms with E-state index >= 15 is 0 Å². The normalized spacial score (nSPS) is 11.0. The predicted molar refractivity (Wildman–Crippen MR) is 115 cm³/mol. The van der Waals surface area contributed by atoms with E-state index in [1.54, 1.807) is 49.5 Å². The number of hydrogen-bond acceptors (Lipinski definition) is 5. The molecule has 0 spiro atoms. The van der Waals surface area contributed by atoms with Gasteiger partial charge in [-0.2, -0.15) is 18.4 Å². The molecule has 0 unspecified atom stereocenters. The minimum atomic E-state index is -4.79. The molecule has 32 heavy (non-hydrogen) atoms. The maximum absolute atomic E-state index is 13.4. The van der Waals surface area contributed by atoms with Crippen molar-refractivity contribution in [2.45, 2.75) is 19.3 Å². The number of rotatable bonds is 7. The summed E-state index contributed by atoms with van der Waals surface area (Å²) in [5, 5.41) is 8.56. The zero-order valence-electron chi connectivity index (χ0n) is 17.3. The summed E-state index contributed by atoms with van der Waals surface area (Å²) in [7, 11) is 3.12. The second-order valence-electron chi connectivity index (χ2n) is 6.86. The maximum Gasteiger partial charge on any atom is 0.420 e. The molecule has 5 nitrogen and oxygen atoms in total. The van der Waals surface area contributed by atoms with Gasteiger partial charge >= 0.3 is 6.18 Å². The molecule has 0 aliphatic carbocycles. The molecule has 3 aromatic rings. The number of anilines is 1. The highest BCUT2D eigenvalue weighted by molar-refractivity contribution is 6.30. The van der Waals surface area contributed by atoms with Crippen LogP contribution in [0, 0.1) is 11.3 Å². The third-order valence-electron chi connectivity index (χ3n) is 4.75. The van der Waals surface area contributed by atoms with Crippen molar-refractivity contribution in [2.24, 2.45) is 0 Å². The summed E-state index contributed by atoms with van der Waals surface area (Å²) in [5.41, 5.74) is -0.0764. The van der Waals surface area contributed by atoms with Crippen LogP contribution < -0.4 is 14.4 Å². The van der Waals surface area contributed by atoms with Gasteiger partial charge in [0.25, 0.3) is 0 Å². The lowest BCUT2D eigenvalue weighted by atomic mass is 10.1. The van der Waals surface area contributed by atoms with Crippen molar-refractivity contribution in [1.82, 2.24) is 4.98 Å². The van der Waals surface area contributed by atoms with Gasteiger partial charge in [-0.1, -0.05) is 35.9 Å². The van der Waals surface area contributed by atoms with E-state index < -0.39 is 22.5 Å². The minimum Gasteiger partial charge on any atom is -0.497 e. The highest BCUT2D eigenvalue weighted by Gasteiger charge is 2.38. The third kappa shape index (κ3) is 5.42. The lowest BCUT2D eigenvalue weighted by Gasteiger charge is -2.25. The fourth-order valence-electron chi connectivity index (χ4n) is 3.14. The molecule has 0 fully saturated rings. The van der Waals surface area contributed by atoms with Crippen molar-refractivity contribution in [3.05, 3.63) is 82.0 Å². The quantitative estimate of drug-likeness (QED) is 0.413. The van der Waals surface area contributed by atoms with Crippen LogP contribution in [0.5, 0.6) is 11.5 Å². The Morgan fingerprint density at radius 3 is 1.78 bits per heavy atom. The van der Waals surface area contributed by atoms with E-state index in [9.17, 15) is 18.4 Å². The molecule has 0 bridgehead atoms. The van der Waals surface area contributed by atoms with Crippen molar-refractivity contribution in [2.75, 3.05) is 19.1 Å². The molecular weight excluding hydrogens is 443 g/mol. The Morgan fingerprint density at radius 2 is 1.41 bits per heavy atom. The number of methoxy groups -OCH3 is 2. The first-order valence-corrected chi connectivity index (χ1v) is 9.81. The highest BCUT2D eigenvalue weighted by Crippen LogP contribution is 2.38. The molecule has 0 atom stereocenters. The summed E-state index contributed by atoms with van der Waals surface area (Å²) in [6.07, 6.45) is -4.79. The number of aromatic nitrogens is 1. The molecule has 0 radical (unpaired) electrons. The topological polar surface area (TPSA) is 58.4 Å². The smallest absolute Gasteiger partial charge is 0.420 e. The molecule has 0 saturated carbocycles. The summed E-state index contributed by atoms with van der Waals surface area (Å²) in [4.78, 5) is 5.73. The first kappa shape index (κ1) is 23.2. The van der Waals surface area contributed by atoms with Gasteiger partial charge in [-0.3, -0.25) is 0 Å². The van der Waals surface area contributed by atoms with Gasteiger partial charge in [0.15, 0.2) is 0 Å². The molecule has 1 heterocycles. The summed E-state index contributed by atoms with van der Waals surface area (Å²) in [5.74, 6) is 1.52. The predicted octanol–water partition coefficient (Wildman–Crippen LogP) is 5.85. The molecule has 3 rings (SSSR count). The largest absolute Gasteiger partial charge is 0.497 e. The van der Waals surface area contributed by atoms with E-state index in [0.717, 1.165) is 17.2 Å². The Hall–Kier alpha value is -3.44. The Morgan fingerprint density at radius 1 is 0.938 bits per heavy atom. The summed E-state index contributed by atoms with van der Waals surface area (Å²) >= 11 is 5.89. The molecule has 0 amide bonds. The van der Waals surface area contributed by atoms with Crippen molar-refractivity contribution in [3.8, 4) is 17.6 Å². The molecule has 0 aliphatic heterocycles.